The minimum Gasteiger partial charge on any atom is -0.353 e. The Morgan fingerprint density at radius 2 is 1.77 bits per heavy atom. The highest BCUT2D eigenvalue weighted by molar-refractivity contribution is 5.87. The first-order valence-electron chi connectivity index (χ1n) is 11.8. The molecule has 1 amide bonds. The lowest BCUT2D eigenvalue weighted by Gasteiger charge is -2.33. The number of hydrogen-bond acceptors (Lipinski definition) is 2. The van der Waals surface area contributed by atoms with Gasteiger partial charge in [0.15, 0.2) is 0 Å². The minimum absolute atomic E-state index is 0.0814. The van der Waals surface area contributed by atoms with Crippen molar-refractivity contribution in [2.75, 3.05) is 19.6 Å². The van der Waals surface area contributed by atoms with Crippen LogP contribution in [0, 0.1) is 6.92 Å². The van der Waals surface area contributed by atoms with Gasteiger partial charge in [0, 0.05) is 30.8 Å². The van der Waals surface area contributed by atoms with Crippen LogP contribution in [-0.4, -0.2) is 41.1 Å². The summed E-state index contributed by atoms with van der Waals surface area (Å²) in [6.07, 6.45) is 8.70. The van der Waals surface area contributed by atoms with E-state index in [4.69, 9.17) is 0 Å². The lowest BCUT2D eigenvalue weighted by molar-refractivity contribution is -0.121. The number of likely N-dealkylation sites (N-methyl/N-ethyl adjacent to an activating group) is 1. The fourth-order valence-corrected chi connectivity index (χ4v) is 4.84. The first-order valence-corrected chi connectivity index (χ1v) is 11.8. The minimum atomic E-state index is 0.0814. The number of rotatable bonds is 8. The van der Waals surface area contributed by atoms with Gasteiger partial charge in [-0.2, -0.15) is 0 Å². The van der Waals surface area contributed by atoms with Crippen molar-refractivity contribution in [3.8, 4) is 11.1 Å². The Morgan fingerprint density at radius 3 is 2.52 bits per heavy atom. The monoisotopic (exact) mass is 417 g/mol. The zero-order valence-electron chi connectivity index (χ0n) is 18.9. The lowest BCUT2D eigenvalue weighted by atomic mass is 9.94. The average Bonchev–Trinajstić information content (AvgIpc) is 3.19. The molecule has 0 bridgehead atoms. The Kier molecular flexibility index (Phi) is 7.08. The summed E-state index contributed by atoms with van der Waals surface area (Å²) in [6, 6.07) is 17.9. The fraction of sp³-hybridized carbons (Fsp3) is 0.444. The van der Waals surface area contributed by atoms with Crippen LogP contribution in [0.25, 0.3) is 22.0 Å². The number of nitrogens with zero attached hydrogens (tertiary/aromatic N) is 2. The third kappa shape index (κ3) is 5.37. The van der Waals surface area contributed by atoms with Crippen LogP contribution < -0.4 is 5.32 Å². The van der Waals surface area contributed by atoms with Gasteiger partial charge >= 0.3 is 0 Å². The van der Waals surface area contributed by atoms with E-state index in [1.807, 2.05) is 6.20 Å². The van der Waals surface area contributed by atoms with Gasteiger partial charge in [0.25, 0.3) is 0 Å². The van der Waals surface area contributed by atoms with E-state index in [9.17, 15) is 4.79 Å². The highest BCUT2D eigenvalue weighted by Crippen LogP contribution is 2.26. The van der Waals surface area contributed by atoms with Crippen LogP contribution in [0.2, 0.25) is 0 Å². The summed E-state index contributed by atoms with van der Waals surface area (Å²) >= 11 is 0. The summed E-state index contributed by atoms with van der Waals surface area (Å²) in [5.41, 5.74) is 4.74. The molecule has 0 aliphatic heterocycles. The molecule has 3 aromatic rings. The van der Waals surface area contributed by atoms with E-state index in [0.29, 0.717) is 12.6 Å². The molecule has 4 nitrogen and oxygen atoms in total. The van der Waals surface area contributed by atoms with Gasteiger partial charge in [-0.05, 0) is 55.0 Å². The molecule has 2 aromatic carbocycles. The summed E-state index contributed by atoms with van der Waals surface area (Å²) in [4.78, 5) is 15.2. The van der Waals surface area contributed by atoms with Crippen molar-refractivity contribution in [3.63, 3.8) is 0 Å². The molecule has 164 valence electrons. The molecule has 4 heteroatoms. The maximum absolute atomic E-state index is 12.6. The third-order valence-electron chi connectivity index (χ3n) is 6.69. The van der Waals surface area contributed by atoms with Crippen molar-refractivity contribution in [3.05, 3.63) is 60.3 Å². The second-order valence-electron chi connectivity index (χ2n) is 8.85. The highest BCUT2D eigenvalue weighted by Gasteiger charge is 2.19. The van der Waals surface area contributed by atoms with E-state index in [1.54, 1.807) is 0 Å². The SMILES string of the molecule is CCN(CCNC(=O)Cn1ccc2ccc(-c3ccc(C)cc3)cc21)C1CCCCC1. The fourth-order valence-electron chi connectivity index (χ4n) is 4.84. The molecular weight excluding hydrogens is 382 g/mol. The van der Waals surface area contributed by atoms with Gasteiger partial charge in [-0.3, -0.25) is 9.69 Å². The molecule has 1 saturated carbocycles. The second kappa shape index (κ2) is 10.1. The van der Waals surface area contributed by atoms with Crippen molar-refractivity contribution in [1.29, 1.82) is 0 Å². The third-order valence-corrected chi connectivity index (χ3v) is 6.69. The molecule has 31 heavy (non-hydrogen) atoms. The standard InChI is InChI=1S/C27H35N3O/c1-3-29(25-7-5-4-6-8-25)18-16-28-27(31)20-30-17-15-23-13-14-24(19-26(23)30)22-11-9-21(2)10-12-22/h9-15,17,19,25H,3-8,16,18,20H2,1-2H3,(H,28,31). The van der Waals surface area contributed by atoms with Gasteiger partial charge in [0.1, 0.15) is 6.54 Å². The summed E-state index contributed by atoms with van der Waals surface area (Å²) in [6.45, 7) is 7.41. The number of hydrogen-bond donors (Lipinski definition) is 1. The quantitative estimate of drug-likeness (QED) is 0.534. The molecule has 0 spiro atoms. The van der Waals surface area contributed by atoms with Crippen LogP contribution in [0.3, 0.4) is 0 Å². The predicted molar refractivity (Wildman–Crippen MR) is 129 cm³/mol. The topological polar surface area (TPSA) is 37.3 Å². The lowest BCUT2D eigenvalue weighted by Crippen LogP contribution is -2.42. The van der Waals surface area contributed by atoms with Crippen LogP contribution in [0.1, 0.15) is 44.6 Å². The van der Waals surface area contributed by atoms with Crippen molar-refractivity contribution < 1.29 is 4.79 Å². The van der Waals surface area contributed by atoms with Crippen LogP contribution in [0.15, 0.2) is 54.7 Å². The molecule has 4 rings (SSSR count). The molecule has 1 aliphatic carbocycles. The van der Waals surface area contributed by atoms with Gasteiger partial charge in [0.2, 0.25) is 5.91 Å². The Hall–Kier alpha value is -2.59. The number of amides is 1. The van der Waals surface area contributed by atoms with E-state index in [-0.39, 0.29) is 5.91 Å². The molecule has 1 aromatic heterocycles. The largest absolute Gasteiger partial charge is 0.353 e. The van der Waals surface area contributed by atoms with Crippen LogP contribution >= 0.6 is 0 Å². The van der Waals surface area contributed by atoms with E-state index in [2.05, 4.69) is 77.2 Å². The Labute approximate surface area is 186 Å². The second-order valence-corrected chi connectivity index (χ2v) is 8.85. The average molecular weight is 418 g/mol. The maximum atomic E-state index is 12.6. The molecular formula is C27H35N3O. The molecule has 0 atom stereocenters. The summed E-state index contributed by atoms with van der Waals surface area (Å²) in [7, 11) is 0. The molecule has 1 N–H and O–H groups in total. The maximum Gasteiger partial charge on any atom is 0.239 e. The zero-order chi connectivity index (χ0) is 21.6. The van der Waals surface area contributed by atoms with Crippen molar-refractivity contribution in [1.82, 2.24) is 14.8 Å². The predicted octanol–water partition coefficient (Wildman–Crippen LogP) is 5.39. The molecule has 0 radical (unpaired) electrons. The Bertz CT molecular complexity index is 999. The number of fused-ring (bicyclic) bond motifs is 1. The smallest absolute Gasteiger partial charge is 0.239 e. The Morgan fingerprint density at radius 1 is 1.03 bits per heavy atom. The number of aryl methyl sites for hydroxylation is 1. The number of carbonyl (C=O) groups excluding carboxylic acids is 1. The first kappa shape index (κ1) is 21.6. The highest BCUT2D eigenvalue weighted by atomic mass is 16.1. The number of aromatic nitrogens is 1. The van der Waals surface area contributed by atoms with Gasteiger partial charge in [-0.1, -0.05) is 68.1 Å². The van der Waals surface area contributed by atoms with Crippen molar-refractivity contribution >= 4 is 16.8 Å². The van der Waals surface area contributed by atoms with E-state index >= 15 is 0 Å². The molecule has 1 heterocycles. The number of benzene rings is 2. The number of carbonyl (C=O) groups is 1. The Balaban J connectivity index is 1.37. The molecule has 0 saturated heterocycles. The summed E-state index contributed by atoms with van der Waals surface area (Å²) in [5, 5.41) is 4.31. The van der Waals surface area contributed by atoms with Gasteiger partial charge in [0.05, 0.1) is 0 Å². The van der Waals surface area contributed by atoms with Crippen LogP contribution in [0.5, 0.6) is 0 Å². The van der Waals surface area contributed by atoms with Crippen LogP contribution in [-0.2, 0) is 11.3 Å². The van der Waals surface area contributed by atoms with Gasteiger partial charge in [-0.25, -0.2) is 0 Å². The zero-order valence-corrected chi connectivity index (χ0v) is 18.9. The first-order chi connectivity index (χ1) is 15.1. The number of nitrogens with one attached hydrogen (secondary N) is 1. The molecule has 0 unspecified atom stereocenters. The van der Waals surface area contributed by atoms with E-state index in [1.165, 1.54) is 48.8 Å². The van der Waals surface area contributed by atoms with Gasteiger partial charge < -0.3 is 9.88 Å². The summed E-state index contributed by atoms with van der Waals surface area (Å²) < 4.78 is 2.06. The summed E-state index contributed by atoms with van der Waals surface area (Å²) in [5.74, 6) is 0.0814. The van der Waals surface area contributed by atoms with Crippen LogP contribution in [0.4, 0.5) is 0 Å². The molecule has 1 aliphatic rings. The van der Waals surface area contributed by atoms with E-state index < -0.39 is 0 Å². The normalized spacial score (nSPS) is 14.9. The van der Waals surface area contributed by atoms with Crippen molar-refractivity contribution in [2.24, 2.45) is 0 Å². The van der Waals surface area contributed by atoms with E-state index in [0.717, 1.165) is 30.5 Å². The van der Waals surface area contributed by atoms with Crippen molar-refractivity contribution in [2.45, 2.75) is 58.5 Å². The van der Waals surface area contributed by atoms with Gasteiger partial charge in [-0.15, -0.1) is 0 Å². The molecule has 1 fully saturated rings.